The fraction of sp³-hybridized carbons (Fsp3) is 0.292. The zero-order valence-electron chi connectivity index (χ0n) is 17.5. The molecule has 0 saturated carbocycles. The molecule has 6 heteroatoms. The third-order valence-electron chi connectivity index (χ3n) is 5.36. The van der Waals surface area contributed by atoms with Gasteiger partial charge in [0, 0.05) is 50.1 Å². The molecule has 0 atom stereocenters. The first-order chi connectivity index (χ1) is 14.6. The number of anilines is 2. The second kappa shape index (κ2) is 8.95. The van der Waals surface area contributed by atoms with Crippen LogP contribution in [0.4, 0.5) is 11.4 Å². The van der Waals surface area contributed by atoms with Crippen molar-refractivity contribution >= 4 is 23.4 Å². The molecule has 0 radical (unpaired) electrons. The zero-order valence-corrected chi connectivity index (χ0v) is 17.5. The van der Waals surface area contributed by atoms with E-state index in [1.54, 1.807) is 6.08 Å². The quantitative estimate of drug-likeness (QED) is 0.644. The Bertz CT molecular complexity index is 1030. The van der Waals surface area contributed by atoms with Gasteiger partial charge in [-0.15, -0.1) is 10.2 Å². The Balaban J connectivity index is 1.40. The van der Waals surface area contributed by atoms with Gasteiger partial charge in [0.2, 0.25) is 5.91 Å². The number of aryl methyl sites for hydroxylation is 1. The summed E-state index contributed by atoms with van der Waals surface area (Å²) in [5, 5.41) is 11.7. The van der Waals surface area contributed by atoms with Crippen molar-refractivity contribution in [1.82, 2.24) is 14.8 Å². The Morgan fingerprint density at radius 2 is 1.77 bits per heavy atom. The van der Waals surface area contributed by atoms with Crippen molar-refractivity contribution in [2.24, 2.45) is 0 Å². The van der Waals surface area contributed by atoms with Crippen molar-refractivity contribution in [2.75, 3.05) is 24.3 Å². The minimum Gasteiger partial charge on any atom is -0.378 e. The molecule has 1 aliphatic rings. The van der Waals surface area contributed by atoms with E-state index in [2.05, 4.69) is 20.1 Å². The topological polar surface area (TPSA) is 63.1 Å². The van der Waals surface area contributed by atoms with Gasteiger partial charge >= 0.3 is 0 Å². The molecule has 3 aromatic rings. The average molecular weight is 402 g/mol. The van der Waals surface area contributed by atoms with Gasteiger partial charge in [-0.05, 0) is 60.9 Å². The number of aromatic nitrogens is 3. The maximum atomic E-state index is 12.3. The van der Waals surface area contributed by atoms with Crippen LogP contribution in [0.1, 0.15) is 30.7 Å². The van der Waals surface area contributed by atoms with E-state index in [4.69, 9.17) is 0 Å². The number of benzene rings is 2. The van der Waals surface area contributed by atoms with Crippen molar-refractivity contribution in [2.45, 2.75) is 32.2 Å². The maximum Gasteiger partial charge on any atom is 0.248 e. The molecule has 0 bridgehead atoms. The molecule has 154 valence electrons. The van der Waals surface area contributed by atoms with E-state index in [0.29, 0.717) is 0 Å². The predicted molar refractivity (Wildman–Crippen MR) is 121 cm³/mol. The van der Waals surface area contributed by atoms with Gasteiger partial charge in [-0.25, -0.2) is 0 Å². The summed E-state index contributed by atoms with van der Waals surface area (Å²) in [6, 6.07) is 15.8. The fourth-order valence-electron chi connectivity index (χ4n) is 3.64. The minimum absolute atomic E-state index is 0.157. The summed E-state index contributed by atoms with van der Waals surface area (Å²) >= 11 is 0. The molecule has 6 nitrogen and oxygen atoms in total. The summed E-state index contributed by atoms with van der Waals surface area (Å²) in [4.78, 5) is 14.3. The summed E-state index contributed by atoms with van der Waals surface area (Å²) in [6.45, 7) is 0.969. The molecule has 0 saturated heterocycles. The van der Waals surface area contributed by atoms with E-state index in [9.17, 15) is 4.79 Å². The molecule has 1 amide bonds. The summed E-state index contributed by atoms with van der Waals surface area (Å²) in [5.74, 6) is 1.82. The maximum absolute atomic E-state index is 12.3. The lowest BCUT2D eigenvalue weighted by Crippen LogP contribution is -2.08. The third-order valence-corrected chi connectivity index (χ3v) is 5.36. The Morgan fingerprint density at radius 3 is 2.50 bits per heavy atom. The number of carbonyl (C=O) groups is 1. The first-order valence-electron chi connectivity index (χ1n) is 10.4. The SMILES string of the molecule is CN(C)c1ccc(/C=C/C(=O)Nc2ccc(-c3nnc4n3CCCCC4)cc2)cc1. The molecule has 1 N–H and O–H groups in total. The highest BCUT2D eigenvalue weighted by molar-refractivity contribution is 6.02. The standard InChI is InChI=1S/C24H27N5O/c1-28(2)21-14-7-18(8-15-21)9-16-23(30)25-20-12-10-19(11-13-20)24-27-26-22-6-4-3-5-17-29(22)24/h7-16H,3-6,17H2,1-2H3,(H,25,30)/b16-9+. The van der Waals surface area contributed by atoms with Crippen LogP contribution in [0.15, 0.2) is 54.6 Å². The lowest BCUT2D eigenvalue weighted by molar-refractivity contribution is -0.111. The third kappa shape index (κ3) is 4.59. The molecule has 2 aromatic carbocycles. The summed E-state index contributed by atoms with van der Waals surface area (Å²) in [7, 11) is 4.01. The minimum atomic E-state index is -0.157. The van der Waals surface area contributed by atoms with Crippen LogP contribution in [-0.4, -0.2) is 34.8 Å². The highest BCUT2D eigenvalue weighted by Crippen LogP contribution is 2.24. The molecule has 1 aromatic heterocycles. The van der Waals surface area contributed by atoms with E-state index in [-0.39, 0.29) is 5.91 Å². The van der Waals surface area contributed by atoms with Gasteiger partial charge in [0.1, 0.15) is 5.82 Å². The summed E-state index contributed by atoms with van der Waals surface area (Å²) in [5.41, 5.74) is 3.89. The molecule has 30 heavy (non-hydrogen) atoms. The van der Waals surface area contributed by atoms with E-state index >= 15 is 0 Å². The van der Waals surface area contributed by atoms with E-state index in [1.165, 1.54) is 12.8 Å². The molecule has 4 rings (SSSR count). The van der Waals surface area contributed by atoms with Gasteiger partial charge in [-0.3, -0.25) is 4.79 Å². The highest BCUT2D eigenvalue weighted by Gasteiger charge is 2.15. The monoisotopic (exact) mass is 401 g/mol. The van der Waals surface area contributed by atoms with Crippen molar-refractivity contribution in [3.05, 3.63) is 66.0 Å². The number of hydrogen-bond donors (Lipinski definition) is 1. The van der Waals surface area contributed by atoms with Crippen LogP contribution >= 0.6 is 0 Å². The van der Waals surface area contributed by atoms with Crippen LogP contribution < -0.4 is 10.2 Å². The van der Waals surface area contributed by atoms with Crippen molar-refractivity contribution in [3.8, 4) is 11.4 Å². The number of rotatable bonds is 5. The smallest absolute Gasteiger partial charge is 0.248 e. The molecular weight excluding hydrogens is 374 g/mol. The molecule has 0 unspecified atom stereocenters. The Hall–Kier alpha value is -3.41. The summed E-state index contributed by atoms with van der Waals surface area (Å²) < 4.78 is 2.23. The highest BCUT2D eigenvalue weighted by atomic mass is 16.1. The number of carbonyl (C=O) groups excluding carboxylic acids is 1. The van der Waals surface area contributed by atoms with Gasteiger partial charge < -0.3 is 14.8 Å². The first kappa shape index (κ1) is 19.9. The van der Waals surface area contributed by atoms with Crippen molar-refractivity contribution in [3.63, 3.8) is 0 Å². The molecule has 0 aliphatic carbocycles. The molecule has 1 aliphatic heterocycles. The average Bonchev–Trinajstić information content (AvgIpc) is 3.01. The van der Waals surface area contributed by atoms with Gasteiger partial charge in [0.05, 0.1) is 0 Å². The Kier molecular flexibility index (Phi) is 5.93. The molecule has 2 heterocycles. The predicted octanol–water partition coefficient (Wildman–Crippen LogP) is 4.39. The largest absolute Gasteiger partial charge is 0.378 e. The van der Waals surface area contributed by atoms with Crippen molar-refractivity contribution in [1.29, 1.82) is 0 Å². The van der Waals surface area contributed by atoms with Gasteiger partial charge in [0.25, 0.3) is 0 Å². The number of nitrogens with zero attached hydrogens (tertiary/aromatic N) is 4. The van der Waals surface area contributed by atoms with Gasteiger partial charge in [0.15, 0.2) is 5.82 Å². The summed E-state index contributed by atoms with van der Waals surface area (Å²) in [6.07, 6.45) is 7.94. The fourth-order valence-corrected chi connectivity index (χ4v) is 3.64. The van der Waals surface area contributed by atoms with Crippen LogP contribution in [0.2, 0.25) is 0 Å². The second-order valence-corrected chi connectivity index (χ2v) is 7.79. The number of fused-ring (bicyclic) bond motifs is 1. The van der Waals surface area contributed by atoms with E-state index in [0.717, 1.165) is 53.5 Å². The second-order valence-electron chi connectivity index (χ2n) is 7.79. The molecule has 0 fully saturated rings. The van der Waals surface area contributed by atoms with Crippen molar-refractivity contribution < 1.29 is 4.79 Å². The van der Waals surface area contributed by atoms with E-state index < -0.39 is 0 Å². The van der Waals surface area contributed by atoms with Crippen LogP contribution in [0.3, 0.4) is 0 Å². The first-order valence-corrected chi connectivity index (χ1v) is 10.4. The zero-order chi connectivity index (χ0) is 20.9. The van der Waals surface area contributed by atoms with Gasteiger partial charge in [-0.1, -0.05) is 18.6 Å². The number of amides is 1. The lowest BCUT2D eigenvalue weighted by atomic mass is 10.1. The Labute approximate surface area is 177 Å². The van der Waals surface area contributed by atoms with Crippen LogP contribution in [0.5, 0.6) is 0 Å². The normalized spacial score (nSPS) is 13.7. The number of hydrogen-bond acceptors (Lipinski definition) is 4. The van der Waals surface area contributed by atoms with E-state index in [1.807, 2.05) is 73.6 Å². The molecular formula is C24H27N5O. The van der Waals surface area contributed by atoms with Crippen LogP contribution in [0, 0.1) is 0 Å². The van der Waals surface area contributed by atoms with Crippen LogP contribution in [0.25, 0.3) is 17.5 Å². The number of nitrogens with one attached hydrogen (secondary N) is 1. The molecule has 0 spiro atoms. The van der Waals surface area contributed by atoms with Gasteiger partial charge in [-0.2, -0.15) is 0 Å². The lowest BCUT2D eigenvalue weighted by Gasteiger charge is -2.11. The Morgan fingerprint density at radius 1 is 1.00 bits per heavy atom. The van der Waals surface area contributed by atoms with Crippen LogP contribution in [-0.2, 0) is 17.8 Å².